The van der Waals surface area contributed by atoms with E-state index in [-0.39, 0.29) is 7.43 Å². The van der Waals surface area contributed by atoms with Crippen molar-refractivity contribution in [2.45, 2.75) is 7.43 Å². The highest BCUT2D eigenvalue weighted by Crippen LogP contribution is 2.06. The summed E-state index contributed by atoms with van der Waals surface area (Å²) in [5.41, 5.74) is 3.32. The third-order valence-corrected chi connectivity index (χ3v) is 2.54. The van der Waals surface area contributed by atoms with Gasteiger partial charge in [0, 0.05) is 7.05 Å². The van der Waals surface area contributed by atoms with Gasteiger partial charge in [0.2, 0.25) is 0 Å². The van der Waals surface area contributed by atoms with Crippen LogP contribution in [0.2, 0.25) is 0 Å². The summed E-state index contributed by atoms with van der Waals surface area (Å²) in [6.45, 7) is 0. The first-order valence-corrected chi connectivity index (χ1v) is 5.65. The molecular formula is C17H19N. The highest BCUT2D eigenvalue weighted by atomic mass is 14.7. The van der Waals surface area contributed by atoms with E-state index in [0.29, 0.717) is 0 Å². The maximum Gasteiger partial charge on any atom is 0.0643 e. The molecule has 0 saturated heterocycles. The molecule has 0 N–H and O–H groups in total. The fourth-order valence-electron chi connectivity index (χ4n) is 1.65. The topological polar surface area (TPSA) is 12.4 Å². The first-order valence-electron chi connectivity index (χ1n) is 5.65. The number of allylic oxidation sites excluding steroid dienone is 1. The molecular weight excluding hydrogens is 218 g/mol. The second-order valence-electron chi connectivity index (χ2n) is 3.72. The summed E-state index contributed by atoms with van der Waals surface area (Å²) in [5, 5.41) is 0. The van der Waals surface area contributed by atoms with Crippen LogP contribution in [0, 0.1) is 0 Å². The van der Waals surface area contributed by atoms with Crippen molar-refractivity contribution < 1.29 is 0 Å². The second kappa shape index (κ2) is 7.23. The lowest BCUT2D eigenvalue weighted by Crippen LogP contribution is -1.95. The Kier molecular flexibility index (Phi) is 5.59. The fourth-order valence-corrected chi connectivity index (χ4v) is 1.65. The van der Waals surface area contributed by atoms with E-state index in [1.54, 1.807) is 0 Å². The van der Waals surface area contributed by atoms with Crippen LogP contribution in [-0.4, -0.2) is 12.8 Å². The van der Waals surface area contributed by atoms with E-state index < -0.39 is 0 Å². The summed E-state index contributed by atoms with van der Waals surface area (Å²) in [5.74, 6) is 0. The van der Waals surface area contributed by atoms with Crippen LogP contribution in [-0.2, 0) is 0 Å². The largest absolute Gasteiger partial charge is 0.288 e. The quantitative estimate of drug-likeness (QED) is 0.699. The molecule has 1 nitrogen and oxygen atoms in total. The average Bonchev–Trinajstić information content (AvgIpc) is 2.42. The van der Waals surface area contributed by atoms with Gasteiger partial charge in [-0.25, -0.2) is 0 Å². The smallest absolute Gasteiger partial charge is 0.0643 e. The zero-order chi connectivity index (χ0) is 11.9. The van der Waals surface area contributed by atoms with Crippen LogP contribution < -0.4 is 0 Å². The van der Waals surface area contributed by atoms with E-state index in [1.807, 2.05) is 49.5 Å². The van der Waals surface area contributed by atoms with Crippen molar-refractivity contribution in [3.63, 3.8) is 0 Å². The number of hydrogen-bond donors (Lipinski definition) is 0. The van der Waals surface area contributed by atoms with Gasteiger partial charge >= 0.3 is 0 Å². The number of hydrogen-bond acceptors (Lipinski definition) is 1. The molecule has 0 fully saturated rings. The molecule has 0 aliphatic carbocycles. The van der Waals surface area contributed by atoms with Gasteiger partial charge in [0.25, 0.3) is 0 Å². The minimum atomic E-state index is 0. The molecule has 0 heterocycles. The predicted molar refractivity (Wildman–Crippen MR) is 81.1 cm³/mol. The molecule has 0 amide bonds. The van der Waals surface area contributed by atoms with Crippen LogP contribution in [0.3, 0.4) is 0 Å². The Hall–Kier alpha value is -2.15. The molecule has 18 heavy (non-hydrogen) atoms. The molecule has 0 unspecified atom stereocenters. The molecule has 2 aromatic carbocycles. The number of nitrogens with zero attached hydrogens (tertiary/aromatic N) is 1. The minimum Gasteiger partial charge on any atom is -0.288 e. The lowest BCUT2D eigenvalue weighted by molar-refractivity contribution is 1.43. The lowest BCUT2D eigenvalue weighted by atomic mass is 10.1. The van der Waals surface area contributed by atoms with Crippen molar-refractivity contribution in [2.24, 2.45) is 4.99 Å². The molecule has 2 aromatic rings. The van der Waals surface area contributed by atoms with Crippen LogP contribution in [0.5, 0.6) is 0 Å². The van der Waals surface area contributed by atoms with Gasteiger partial charge in [0.15, 0.2) is 0 Å². The molecule has 0 saturated carbocycles. The number of aliphatic imine (C=N–C) groups is 1. The Morgan fingerprint density at radius 1 is 0.889 bits per heavy atom. The summed E-state index contributed by atoms with van der Waals surface area (Å²) in [6.07, 6.45) is 4.12. The van der Waals surface area contributed by atoms with E-state index >= 15 is 0 Å². The third kappa shape index (κ3) is 3.70. The van der Waals surface area contributed by atoms with Crippen LogP contribution in [0.1, 0.15) is 18.6 Å². The zero-order valence-electron chi connectivity index (χ0n) is 9.88. The van der Waals surface area contributed by atoms with Gasteiger partial charge in [0.05, 0.1) is 5.71 Å². The normalized spacial score (nSPS) is 11.3. The van der Waals surface area contributed by atoms with Gasteiger partial charge in [-0.1, -0.05) is 74.2 Å². The van der Waals surface area contributed by atoms with Crippen LogP contribution in [0.15, 0.2) is 71.7 Å². The molecule has 0 aromatic heterocycles. The Balaban J connectivity index is 0.00000162. The Labute approximate surface area is 110 Å². The summed E-state index contributed by atoms with van der Waals surface area (Å²) < 4.78 is 0. The van der Waals surface area contributed by atoms with Gasteiger partial charge in [-0.15, -0.1) is 0 Å². The van der Waals surface area contributed by atoms with E-state index in [0.717, 1.165) is 11.3 Å². The van der Waals surface area contributed by atoms with Crippen LogP contribution in [0.4, 0.5) is 0 Å². The van der Waals surface area contributed by atoms with Gasteiger partial charge in [-0.3, -0.25) is 4.99 Å². The monoisotopic (exact) mass is 237 g/mol. The number of rotatable bonds is 3. The third-order valence-electron chi connectivity index (χ3n) is 2.54. The molecule has 92 valence electrons. The summed E-state index contributed by atoms with van der Waals surface area (Å²) in [4.78, 5) is 4.30. The van der Waals surface area contributed by atoms with Crippen molar-refractivity contribution in [2.75, 3.05) is 7.05 Å². The standard InChI is InChI=1S/C16H15N.CH4/c1-17-16(15-10-6-3-7-11-15)13-12-14-8-4-2-5-9-14;/h2-13H,1H3;1H4. The summed E-state index contributed by atoms with van der Waals surface area (Å²) >= 11 is 0. The summed E-state index contributed by atoms with van der Waals surface area (Å²) in [7, 11) is 1.82. The van der Waals surface area contributed by atoms with Crippen molar-refractivity contribution in [3.8, 4) is 0 Å². The highest BCUT2D eigenvalue weighted by Gasteiger charge is 1.96. The van der Waals surface area contributed by atoms with Crippen molar-refractivity contribution in [1.29, 1.82) is 0 Å². The van der Waals surface area contributed by atoms with Crippen molar-refractivity contribution >= 4 is 11.8 Å². The Morgan fingerprint density at radius 2 is 1.44 bits per heavy atom. The molecule has 2 rings (SSSR count). The second-order valence-corrected chi connectivity index (χ2v) is 3.72. The lowest BCUT2D eigenvalue weighted by Gasteiger charge is -1.99. The average molecular weight is 237 g/mol. The zero-order valence-corrected chi connectivity index (χ0v) is 9.88. The molecule has 0 bridgehead atoms. The van der Waals surface area contributed by atoms with Crippen LogP contribution in [0.25, 0.3) is 6.08 Å². The van der Waals surface area contributed by atoms with Crippen molar-refractivity contribution in [1.82, 2.24) is 0 Å². The van der Waals surface area contributed by atoms with Crippen LogP contribution >= 0.6 is 0 Å². The van der Waals surface area contributed by atoms with Crippen molar-refractivity contribution in [3.05, 3.63) is 77.9 Å². The van der Waals surface area contributed by atoms with E-state index in [1.165, 1.54) is 5.56 Å². The van der Waals surface area contributed by atoms with Gasteiger partial charge in [-0.05, 0) is 17.2 Å². The Morgan fingerprint density at radius 3 is 2.00 bits per heavy atom. The SMILES string of the molecule is C.CN=C(C=Cc1ccccc1)c1ccccc1. The van der Waals surface area contributed by atoms with Gasteiger partial charge in [-0.2, -0.15) is 0 Å². The minimum absolute atomic E-state index is 0. The van der Waals surface area contributed by atoms with Gasteiger partial charge in [0.1, 0.15) is 0 Å². The molecule has 0 atom stereocenters. The first kappa shape index (κ1) is 13.9. The molecule has 0 radical (unpaired) electrons. The molecule has 1 heteroatoms. The van der Waals surface area contributed by atoms with Gasteiger partial charge < -0.3 is 0 Å². The van der Waals surface area contributed by atoms with E-state index in [4.69, 9.17) is 0 Å². The maximum atomic E-state index is 4.30. The molecule has 0 aliphatic rings. The first-order chi connectivity index (χ1) is 8.40. The number of benzene rings is 2. The maximum absolute atomic E-state index is 4.30. The molecule has 0 aliphatic heterocycles. The fraction of sp³-hybridized carbons (Fsp3) is 0.118. The Bertz CT molecular complexity index is 510. The summed E-state index contributed by atoms with van der Waals surface area (Å²) in [6, 6.07) is 20.4. The predicted octanol–water partition coefficient (Wildman–Crippen LogP) is 4.46. The molecule has 0 spiro atoms. The highest BCUT2D eigenvalue weighted by molar-refractivity contribution is 6.10. The van der Waals surface area contributed by atoms with E-state index in [2.05, 4.69) is 35.3 Å². The van der Waals surface area contributed by atoms with E-state index in [9.17, 15) is 0 Å².